The van der Waals surface area contributed by atoms with Crippen LogP contribution in [0.25, 0.3) is 10.2 Å². The van der Waals surface area contributed by atoms with Crippen LogP contribution in [0.4, 0.5) is 17.5 Å². The maximum Gasteiger partial charge on any atom is 0.229 e. The number of nitrogens with zero attached hydrogens (tertiary/aromatic N) is 2. The number of rotatable bonds is 5. The number of thiophene rings is 1. The molecule has 2 aromatic heterocycles. The van der Waals surface area contributed by atoms with E-state index in [1.165, 1.54) is 0 Å². The molecule has 0 fully saturated rings. The van der Waals surface area contributed by atoms with E-state index in [0.717, 1.165) is 21.7 Å². The largest absolute Gasteiger partial charge is 0.493 e. The number of aromatic nitrogens is 2. The van der Waals surface area contributed by atoms with Gasteiger partial charge in [0.15, 0.2) is 11.5 Å². The number of hydrogen-bond donors (Lipinski definition) is 2. The average Bonchev–Trinajstić information content (AvgIpc) is 3.02. The minimum Gasteiger partial charge on any atom is -0.493 e. The Morgan fingerprint density at radius 2 is 1.86 bits per heavy atom. The van der Waals surface area contributed by atoms with Crippen molar-refractivity contribution < 1.29 is 9.47 Å². The molecule has 0 amide bonds. The SMILES string of the molecule is CNc1nc(Nc2ccc(OC)c(OC)c2)nc2ccsc12. The van der Waals surface area contributed by atoms with E-state index < -0.39 is 0 Å². The van der Waals surface area contributed by atoms with Crippen LogP contribution in [0, 0.1) is 0 Å². The zero-order valence-corrected chi connectivity index (χ0v) is 13.3. The fourth-order valence-corrected chi connectivity index (χ4v) is 2.96. The normalized spacial score (nSPS) is 10.5. The van der Waals surface area contributed by atoms with Crippen LogP contribution in [0.3, 0.4) is 0 Å². The molecule has 6 nitrogen and oxygen atoms in total. The Kier molecular flexibility index (Phi) is 3.97. The first kappa shape index (κ1) is 14.4. The highest BCUT2D eigenvalue weighted by Crippen LogP contribution is 2.32. The van der Waals surface area contributed by atoms with Gasteiger partial charge in [0.2, 0.25) is 5.95 Å². The van der Waals surface area contributed by atoms with Crippen LogP contribution < -0.4 is 20.1 Å². The quantitative estimate of drug-likeness (QED) is 0.751. The molecular formula is C15H16N4O2S. The Hall–Kier alpha value is -2.54. The molecule has 2 N–H and O–H groups in total. The molecular weight excluding hydrogens is 300 g/mol. The maximum absolute atomic E-state index is 5.30. The molecule has 1 aromatic carbocycles. The second kappa shape index (κ2) is 6.07. The Morgan fingerprint density at radius 3 is 2.59 bits per heavy atom. The van der Waals surface area contributed by atoms with Crippen molar-refractivity contribution in [1.82, 2.24) is 9.97 Å². The number of methoxy groups -OCH3 is 2. The number of ether oxygens (including phenoxy) is 2. The van der Waals surface area contributed by atoms with Crippen LogP contribution >= 0.6 is 11.3 Å². The molecule has 0 aliphatic heterocycles. The fraction of sp³-hybridized carbons (Fsp3) is 0.200. The Balaban J connectivity index is 1.95. The van der Waals surface area contributed by atoms with Crippen molar-refractivity contribution in [1.29, 1.82) is 0 Å². The number of fused-ring (bicyclic) bond motifs is 1. The van der Waals surface area contributed by atoms with Gasteiger partial charge in [-0.3, -0.25) is 0 Å². The summed E-state index contributed by atoms with van der Waals surface area (Å²) in [6.07, 6.45) is 0. The van der Waals surface area contributed by atoms with Crippen LogP contribution in [0.15, 0.2) is 29.6 Å². The monoisotopic (exact) mass is 316 g/mol. The average molecular weight is 316 g/mol. The Morgan fingerprint density at radius 1 is 1.05 bits per heavy atom. The zero-order chi connectivity index (χ0) is 15.5. The standard InChI is InChI=1S/C15H16N4O2S/c1-16-14-13-10(6-7-22-13)18-15(19-14)17-9-4-5-11(20-2)12(8-9)21-3/h4-8H,1-3H3,(H2,16,17,18,19). The van der Waals surface area contributed by atoms with Crippen LogP contribution in [0.1, 0.15) is 0 Å². The summed E-state index contributed by atoms with van der Waals surface area (Å²) in [5, 5.41) is 8.29. The van der Waals surface area contributed by atoms with Crippen molar-refractivity contribution >= 4 is 39.0 Å². The predicted octanol–water partition coefficient (Wildman–Crippen LogP) is 3.49. The lowest BCUT2D eigenvalue weighted by molar-refractivity contribution is 0.355. The minimum absolute atomic E-state index is 0.530. The van der Waals surface area contributed by atoms with Gasteiger partial charge in [-0.1, -0.05) is 0 Å². The molecule has 22 heavy (non-hydrogen) atoms. The first-order chi connectivity index (χ1) is 10.7. The van der Waals surface area contributed by atoms with Crippen LogP contribution in [0.2, 0.25) is 0 Å². The van der Waals surface area contributed by atoms with E-state index in [4.69, 9.17) is 9.47 Å². The van der Waals surface area contributed by atoms with E-state index >= 15 is 0 Å². The number of hydrogen-bond acceptors (Lipinski definition) is 7. The summed E-state index contributed by atoms with van der Waals surface area (Å²) in [6, 6.07) is 7.55. The molecule has 0 bridgehead atoms. The molecule has 0 radical (unpaired) electrons. The number of benzene rings is 1. The van der Waals surface area contributed by atoms with E-state index in [1.807, 2.05) is 36.7 Å². The highest BCUT2D eigenvalue weighted by molar-refractivity contribution is 7.17. The lowest BCUT2D eigenvalue weighted by Gasteiger charge is -2.11. The number of anilines is 3. The second-order valence-electron chi connectivity index (χ2n) is 4.48. The van der Waals surface area contributed by atoms with Gasteiger partial charge in [-0.15, -0.1) is 11.3 Å². The van der Waals surface area contributed by atoms with E-state index in [2.05, 4.69) is 20.6 Å². The summed E-state index contributed by atoms with van der Waals surface area (Å²) in [5.41, 5.74) is 1.74. The van der Waals surface area contributed by atoms with Crippen LogP contribution in [-0.2, 0) is 0 Å². The smallest absolute Gasteiger partial charge is 0.229 e. The molecule has 0 saturated heterocycles. The molecule has 3 rings (SSSR count). The van der Waals surface area contributed by atoms with Crippen LogP contribution in [-0.4, -0.2) is 31.2 Å². The minimum atomic E-state index is 0.530. The summed E-state index contributed by atoms with van der Waals surface area (Å²) in [5.74, 6) is 2.67. The highest BCUT2D eigenvalue weighted by atomic mass is 32.1. The summed E-state index contributed by atoms with van der Waals surface area (Å²) >= 11 is 1.61. The van der Waals surface area contributed by atoms with E-state index in [-0.39, 0.29) is 0 Å². The van der Waals surface area contributed by atoms with Gasteiger partial charge < -0.3 is 20.1 Å². The van der Waals surface area contributed by atoms with Gasteiger partial charge in [-0.05, 0) is 23.6 Å². The predicted molar refractivity (Wildman–Crippen MR) is 89.8 cm³/mol. The first-order valence-corrected chi connectivity index (χ1v) is 7.55. The van der Waals surface area contributed by atoms with E-state index in [9.17, 15) is 0 Å². The second-order valence-corrected chi connectivity index (χ2v) is 5.39. The lowest BCUT2D eigenvalue weighted by Crippen LogP contribution is -2.01. The lowest BCUT2D eigenvalue weighted by atomic mass is 10.3. The third-order valence-electron chi connectivity index (χ3n) is 3.18. The maximum atomic E-state index is 5.30. The Labute approximate surface area is 132 Å². The van der Waals surface area contributed by atoms with Crippen LogP contribution in [0.5, 0.6) is 11.5 Å². The summed E-state index contributed by atoms with van der Waals surface area (Å²) in [7, 11) is 5.06. The van der Waals surface area contributed by atoms with Crippen molar-refractivity contribution in [3.63, 3.8) is 0 Å². The van der Waals surface area contributed by atoms with Crippen molar-refractivity contribution in [2.24, 2.45) is 0 Å². The Bertz CT molecular complexity index is 803. The van der Waals surface area contributed by atoms with Gasteiger partial charge in [-0.25, -0.2) is 4.98 Å². The first-order valence-electron chi connectivity index (χ1n) is 6.67. The van der Waals surface area contributed by atoms with Gasteiger partial charge in [0, 0.05) is 18.8 Å². The van der Waals surface area contributed by atoms with Gasteiger partial charge >= 0.3 is 0 Å². The molecule has 0 unspecified atom stereocenters. The highest BCUT2D eigenvalue weighted by Gasteiger charge is 2.09. The van der Waals surface area contributed by atoms with Crippen molar-refractivity contribution in [2.75, 3.05) is 31.9 Å². The molecule has 7 heteroatoms. The van der Waals surface area contributed by atoms with Gasteiger partial charge in [0.25, 0.3) is 0 Å². The third-order valence-corrected chi connectivity index (χ3v) is 4.09. The molecule has 0 spiro atoms. The van der Waals surface area contributed by atoms with E-state index in [1.54, 1.807) is 25.6 Å². The third kappa shape index (κ3) is 2.62. The van der Waals surface area contributed by atoms with E-state index in [0.29, 0.717) is 17.4 Å². The summed E-state index contributed by atoms with van der Waals surface area (Å²) in [6.45, 7) is 0. The number of nitrogens with one attached hydrogen (secondary N) is 2. The zero-order valence-electron chi connectivity index (χ0n) is 12.5. The molecule has 0 saturated carbocycles. The van der Waals surface area contributed by atoms with Gasteiger partial charge in [0.05, 0.1) is 24.4 Å². The summed E-state index contributed by atoms with van der Waals surface area (Å²) < 4.78 is 11.6. The van der Waals surface area contributed by atoms with Crippen molar-refractivity contribution in [3.8, 4) is 11.5 Å². The molecule has 0 atom stereocenters. The topological polar surface area (TPSA) is 68.3 Å². The molecule has 114 valence electrons. The van der Waals surface area contributed by atoms with Crippen molar-refractivity contribution in [2.45, 2.75) is 0 Å². The van der Waals surface area contributed by atoms with Gasteiger partial charge in [-0.2, -0.15) is 4.98 Å². The molecule has 2 heterocycles. The molecule has 0 aliphatic carbocycles. The van der Waals surface area contributed by atoms with Gasteiger partial charge in [0.1, 0.15) is 5.82 Å². The molecule has 3 aromatic rings. The van der Waals surface area contributed by atoms with Crippen molar-refractivity contribution in [3.05, 3.63) is 29.6 Å². The molecule has 0 aliphatic rings. The summed E-state index contributed by atoms with van der Waals surface area (Å²) in [4.78, 5) is 9.00. The fourth-order valence-electron chi connectivity index (χ4n) is 2.13.